The van der Waals surface area contributed by atoms with E-state index in [1.54, 1.807) is 0 Å². The van der Waals surface area contributed by atoms with Crippen molar-refractivity contribution in [3.8, 4) is 0 Å². The van der Waals surface area contributed by atoms with Crippen molar-refractivity contribution in [2.45, 2.75) is 0 Å². The molecule has 0 aliphatic carbocycles. The van der Waals surface area contributed by atoms with E-state index in [2.05, 4.69) is 25.3 Å². The minimum atomic E-state index is -0.410. The van der Waals surface area contributed by atoms with E-state index in [9.17, 15) is 0 Å². The summed E-state index contributed by atoms with van der Waals surface area (Å²) >= 11 is 0. The summed E-state index contributed by atoms with van der Waals surface area (Å²) in [6, 6.07) is 0. The number of hydrogen-bond donors (Lipinski definition) is 8. The van der Waals surface area contributed by atoms with Gasteiger partial charge in [-0.3, -0.25) is 0 Å². The maximum atomic E-state index is 7.83. The Balaban J connectivity index is -0.000000103. The smallest absolute Gasteiger partial charge is 0.870 e. The van der Waals surface area contributed by atoms with Gasteiger partial charge in [-0.2, -0.15) is 0 Å². The van der Waals surface area contributed by atoms with Crippen molar-refractivity contribution in [3.63, 3.8) is 0 Å². The predicted octanol–water partition coefficient (Wildman–Crippen LogP) is -6.49. The second-order valence-corrected chi connectivity index (χ2v) is 2.45. The van der Waals surface area contributed by atoms with Crippen LogP contribution in [-0.2, 0) is 0 Å². The number of rotatable bonds is 1. The SMILES string of the molecule is NC(=NO)C(N)=NO.Nc1nonc1N.OCCO.[K+].[OH-]. The molecule has 0 radical (unpaired) electrons. The van der Waals surface area contributed by atoms with E-state index in [1.807, 2.05) is 0 Å². The van der Waals surface area contributed by atoms with Crippen LogP contribution in [0.1, 0.15) is 0 Å². The zero-order valence-electron chi connectivity index (χ0n) is 11.2. The Morgan fingerprint density at radius 3 is 1.33 bits per heavy atom. The number of nitrogens with zero attached hydrogens (tertiary/aromatic N) is 4. The number of aliphatic hydroxyl groups excluding tert-OH is 2. The second-order valence-electron chi connectivity index (χ2n) is 2.45. The van der Waals surface area contributed by atoms with Gasteiger partial charge in [0.15, 0.2) is 0 Å². The Morgan fingerprint density at radius 1 is 0.952 bits per heavy atom. The fraction of sp³-hybridized carbons (Fsp3) is 0.333. The van der Waals surface area contributed by atoms with E-state index >= 15 is 0 Å². The molecule has 0 spiro atoms. The minimum absolute atomic E-state index is 0. The number of hydrogen-bond acceptors (Lipinski definition) is 12. The first kappa shape index (κ1) is 28.0. The quantitative estimate of drug-likeness (QED) is 0.0780. The molecule has 0 amide bonds. The van der Waals surface area contributed by atoms with Gasteiger partial charge in [0.05, 0.1) is 13.2 Å². The molecule has 1 heterocycles. The normalized spacial score (nSPS) is 9.81. The molecular weight excluding hydrogens is 319 g/mol. The molecular formula is C6H17KN8O6. The van der Waals surface area contributed by atoms with Crippen LogP contribution in [0.25, 0.3) is 0 Å². The monoisotopic (exact) mass is 336 g/mol. The summed E-state index contributed by atoms with van der Waals surface area (Å²) < 4.78 is 4.09. The van der Waals surface area contributed by atoms with Crippen LogP contribution < -0.4 is 74.3 Å². The topological polar surface area (TPSA) is 279 Å². The average molecular weight is 336 g/mol. The summed E-state index contributed by atoms with van der Waals surface area (Å²) in [7, 11) is 0. The Kier molecular flexibility index (Phi) is 25.1. The third-order valence-electron chi connectivity index (χ3n) is 1.12. The first-order valence-corrected chi connectivity index (χ1v) is 4.45. The van der Waals surface area contributed by atoms with Gasteiger partial charge in [-0.05, 0) is 10.3 Å². The molecule has 0 saturated heterocycles. The summed E-state index contributed by atoms with van der Waals surface area (Å²) in [6.07, 6.45) is 0. The standard InChI is InChI=1S/C2H6N4O2.C2H4N4O.C2H6O2.K.H2O/c3-1(5-7)2(4)6-8;3-1-2(4)6-7-5-1;3-1-2-4;;/h7-8H,(H2,3,5)(H2,4,6);(H2,3,5)(H2,4,6);3-4H,1-2H2;;1H2/q;;;+1;/p-1. The third-order valence-corrected chi connectivity index (χ3v) is 1.12. The van der Waals surface area contributed by atoms with E-state index in [0.29, 0.717) is 0 Å². The summed E-state index contributed by atoms with van der Waals surface area (Å²) in [5, 5.41) is 42.1. The Morgan fingerprint density at radius 2 is 1.24 bits per heavy atom. The number of aromatic nitrogens is 2. The van der Waals surface area contributed by atoms with Gasteiger partial charge in [-0.1, -0.05) is 10.3 Å². The molecule has 0 atom stereocenters. The van der Waals surface area contributed by atoms with Gasteiger partial charge in [-0.25, -0.2) is 4.63 Å². The number of anilines is 2. The van der Waals surface area contributed by atoms with E-state index in [4.69, 9.17) is 43.6 Å². The van der Waals surface area contributed by atoms with Gasteiger partial charge >= 0.3 is 51.4 Å². The van der Waals surface area contributed by atoms with Crippen LogP contribution in [0.4, 0.5) is 11.6 Å². The van der Waals surface area contributed by atoms with Crippen LogP contribution in [0, 0.1) is 0 Å². The second kappa shape index (κ2) is 18.8. The van der Waals surface area contributed by atoms with E-state index in [0.717, 1.165) is 0 Å². The van der Waals surface area contributed by atoms with Crippen molar-refractivity contribution in [2.24, 2.45) is 21.8 Å². The van der Waals surface area contributed by atoms with Crippen LogP contribution in [0.3, 0.4) is 0 Å². The maximum absolute atomic E-state index is 7.83. The number of aliphatic hydroxyl groups is 2. The van der Waals surface area contributed by atoms with Crippen LogP contribution in [0.2, 0.25) is 0 Å². The molecule has 14 nitrogen and oxygen atoms in total. The molecule has 0 saturated carbocycles. The molecule has 13 N–H and O–H groups in total. The molecule has 118 valence electrons. The third kappa shape index (κ3) is 16.7. The Hall–Kier alpha value is -1.20. The first-order chi connectivity index (χ1) is 8.94. The maximum Gasteiger partial charge on any atom is 1.00 e. The molecule has 1 rings (SSSR count). The molecule has 1 aromatic rings. The Labute approximate surface area is 161 Å². The van der Waals surface area contributed by atoms with Gasteiger partial charge in [0, 0.05) is 0 Å². The van der Waals surface area contributed by atoms with Crippen LogP contribution in [0.15, 0.2) is 14.9 Å². The molecule has 15 heteroatoms. The van der Waals surface area contributed by atoms with Gasteiger partial charge in [0.25, 0.3) is 0 Å². The number of nitrogen functional groups attached to an aromatic ring is 2. The van der Waals surface area contributed by atoms with Gasteiger partial charge in [-0.15, -0.1) is 0 Å². The fourth-order valence-corrected chi connectivity index (χ4v) is 0.304. The molecule has 0 aliphatic rings. The summed E-state index contributed by atoms with van der Waals surface area (Å²) in [4.78, 5) is 0. The zero-order chi connectivity index (χ0) is 15.3. The largest absolute Gasteiger partial charge is 1.00 e. The predicted molar refractivity (Wildman–Crippen MR) is 66.0 cm³/mol. The van der Waals surface area contributed by atoms with E-state index < -0.39 is 11.7 Å². The fourth-order valence-electron chi connectivity index (χ4n) is 0.304. The van der Waals surface area contributed by atoms with Crippen LogP contribution >= 0.6 is 0 Å². The average Bonchev–Trinajstić information content (AvgIpc) is 2.81. The molecule has 0 bridgehead atoms. The van der Waals surface area contributed by atoms with Crippen LogP contribution in [0.5, 0.6) is 0 Å². The van der Waals surface area contributed by atoms with Crippen molar-refractivity contribution >= 4 is 23.3 Å². The zero-order valence-corrected chi connectivity index (χ0v) is 14.3. The summed E-state index contributed by atoms with van der Waals surface area (Å²) in [5.41, 5.74) is 19.7. The van der Waals surface area contributed by atoms with Crippen molar-refractivity contribution in [2.75, 3.05) is 24.7 Å². The Bertz CT molecular complexity index is 364. The van der Waals surface area contributed by atoms with Crippen molar-refractivity contribution < 1.29 is 82.1 Å². The molecule has 21 heavy (non-hydrogen) atoms. The number of nitrogens with two attached hydrogens (primary N) is 4. The van der Waals surface area contributed by atoms with Gasteiger partial charge in [0.2, 0.25) is 23.3 Å². The number of oxime groups is 2. The van der Waals surface area contributed by atoms with E-state index in [-0.39, 0.29) is 81.7 Å². The first-order valence-electron chi connectivity index (χ1n) is 4.45. The molecule has 0 aromatic carbocycles. The van der Waals surface area contributed by atoms with Crippen molar-refractivity contribution in [1.82, 2.24) is 10.3 Å². The van der Waals surface area contributed by atoms with Crippen molar-refractivity contribution in [3.05, 3.63) is 0 Å². The summed E-state index contributed by atoms with van der Waals surface area (Å²) in [6.45, 7) is -0.250. The molecule has 0 fully saturated rings. The van der Waals surface area contributed by atoms with E-state index in [1.165, 1.54) is 0 Å². The van der Waals surface area contributed by atoms with Crippen molar-refractivity contribution in [1.29, 1.82) is 0 Å². The van der Waals surface area contributed by atoms with Gasteiger partial charge in [0.1, 0.15) is 0 Å². The van der Waals surface area contributed by atoms with Gasteiger partial charge < -0.3 is 49.0 Å². The minimum Gasteiger partial charge on any atom is -0.870 e. The molecule has 1 aromatic heterocycles. The summed E-state index contributed by atoms with van der Waals surface area (Å²) in [5.74, 6) is -0.542. The molecule has 0 aliphatic heterocycles. The molecule has 0 unspecified atom stereocenters. The number of amidine groups is 2. The van der Waals surface area contributed by atoms with Crippen LogP contribution in [-0.4, -0.2) is 61.3 Å².